The number of aromatic nitrogens is 1. The molecule has 0 saturated carbocycles. The van der Waals surface area contributed by atoms with E-state index in [9.17, 15) is 0 Å². The zero-order chi connectivity index (χ0) is 18.1. The molecular weight excluding hydrogens is 328 g/mol. The summed E-state index contributed by atoms with van der Waals surface area (Å²) in [6.07, 6.45) is 5.93. The number of benzene rings is 3. The summed E-state index contributed by atoms with van der Waals surface area (Å²) < 4.78 is 0. The number of rotatable bonds is 2. The van der Waals surface area contributed by atoms with E-state index in [1.54, 1.807) is 0 Å². The van der Waals surface area contributed by atoms with E-state index >= 15 is 0 Å². The predicted molar refractivity (Wildman–Crippen MR) is 113 cm³/mol. The lowest BCUT2D eigenvalue weighted by atomic mass is 9.90. The van der Waals surface area contributed by atoms with Crippen LogP contribution < -0.4 is 0 Å². The number of allylic oxidation sites excluding steroid dienone is 1. The average Bonchev–Trinajstić information content (AvgIpc) is 2.97. The molecule has 2 nitrogen and oxygen atoms in total. The van der Waals surface area contributed by atoms with Crippen molar-refractivity contribution in [3.63, 3.8) is 0 Å². The van der Waals surface area contributed by atoms with Crippen LogP contribution in [0.1, 0.15) is 16.7 Å². The van der Waals surface area contributed by atoms with Gasteiger partial charge in [0.15, 0.2) is 0 Å². The van der Waals surface area contributed by atoms with Crippen molar-refractivity contribution in [1.82, 2.24) is 4.98 Å². The molecule has 0 fully saturated rings. The van der Waals surface area contributed by atoms with Gasteiger partial charge in [-0.25, -0.2) is 0 Å². The van der Waals surface area contributed by atoms with E-state index in [2.05, 4.69) is 77.8 Å². The van der Waals surface area contributed by atoms with E-state index in [1.807, 2.05) is 24.5 Å². The van der Waals surface area contributed by atoms with Gasteiger partial charge in [0.05, 0.1) is 12.1 Å². The molecule has 0 N–H and O–H groups in total. The van der Waals surface area contributed by atoms with Crippen LogP contribution in [-0.4, -0.2) is 11.2 Å². The lowest BCUT2D eigenvalue weighted by Crippen LogP contribution is -1.97. The molecule has 1 aliphatic rings. The van der Waals surface area contributed by atoms with Gasteiger partial charge in [-0.2, -0.15) is 0 Å². The standard InChI is InChI=1S/C25H18N2/c1-3-7-18(8-4-1)20-13-15-26-17-24-22(20)11-12-23-21(14-16-27-25(23)24)19-9-5-2-6-10-19/h1-16H,17H2. The number of nitrogens with zero attached hydrogens (tertiary/aromatic N) is 2. The summed E-state index contributed by atoms with van der Waals surface area (Å²) >= 11 is 0. The van der Waals surface area contributed by atoms with Crippen LogP contribution in [0.3, 0.4) is 0 Å². The molecule has 2 heterocycles. The molecule has 128 valence electrons. The Kier molecular flexibility index (Phi) is 3.87. The van der Waals surface area contributed by atoms with E-state index in [0.717, 1.165) is 5.52 Å². The van der Waals surface area contributed by atoms with Gasteiger partial charge in [0.2, 0.25) is 0 Å². The minimum absolute atomic E-state index is 0.644. The molecule has 0 atom stereocenters. The minimum atomic E-state index is 0.644. The summed E-state index contributed by atoms with van der Waals surface area (Å²) in [5, 5.41) is 1.17. The van der Waals surface area contributed by atoms with Crippen molar-refractivity contribution in [1.29, 1.82) is 0 Å². The van der Waals surface area contributed by atoms with Gasteiger partial charge in [-0.15, -0.1) is 0 Å². The van der Waals surface area contributed by atoms with Crippen LogP contribution in [0.25, 0.3) is 27.6 Å². The molecule has 0 aliphatic carbocycles. The second-order valence-electron chi connectivity index (χ2n) is 6.65. The van der Waals surface area contributed by atoms with E-state index in [4.69, 9.17) is 4.98 Å². The summed E-state index contributed by atoms with van der Waals surface area (Å²) in [4.78, 5) is 9.35. The Labute approximate surface area is 158 Å². The number of pyridine rings is 1. The molecule has 0 amide bonds. The third-order valence-corrected chi connectivity index (χ3v) is 5.07. The molecular formula is C25H18N2. The molecule has 2 heteroatoms. The largest absolute Gasteiger partial charge is 0.288 e. The fraction of sp³-hybridized carbons (Fsp3) is 0.0400. The molecule has 0 spiro atoms. The van der Waals surface area contributed by atoms with E-state index in [-0.39, 0.29) is 0 Å². The maximum atomic E-state index is 4.75. The third kappa shape index (κ3) is 2.76. The van der Waals surface area contributed by atoms with Crippen molar-refractivity contribution in [2.75, 3.05) is 0 Å². The van der Waals surface area contributed by atoms with Crippen molar-refractivity contribution in [2.24, 2.45) is 4.99 Å². The second kappa shape index (κ2) is 6.65. The first-order valence-corrected chi connectivity index (χ1v) is 9.14. The molecule has 1 aromatic heterocycles. The Hall–Kier alpha value is -3.52. The van der Waals surface area contributed by atoms with Crippen LogP contribution in [0, 0.1) is 0 Å². The third-order valence-electron chi connectivity index (χ3n) is 5.07. The number of fused-ring (bicyclic) bond motifs is 3. The second-order valence-corrected chi connectivity index (χ2v) is 6.65. The quantitative estimate of drug-likeness (QED) is 0.442. The smallest absolute Gasteiger partial charge is 0.0765 e. The average molecular weight is 346 g/mol. The highest BCUT2D eigenvalue weighted by atomic mass is 14.7. The molecule has 1 aliphatic heterocycles. The summed E-state index contributed by atoms with van der Waals surface area (Å²) in [6.45, 7) is 0.644. The Balaban J connectivity index is 1.76. The first kappa shape index (κ1) is 15.7. The normalized spacial score (nSPS) is 13.1. The maximum Gasteiger partial charge on any atom is 0.0765 e. The maximum absolute atomic E-state index is 4.75. The lowest BCUT2D eigenvalue weighted by Gasteiger charge is -2.15. The molecule has 0 unspecified atom stereocenters. The van der Waals surface area contributed by atoms with E-state index in [1.165, 1.54) is 38.8 Å². The zero-order valence-electron chi connectivity index (χ0n) is 14.8. The fourth-order valence-electron chi connectivity index (χ4n) is 3.79. The minimum Gasteiger partial charge on any atom is -0.288 e. The Bertz CT molecular complexity index is 1170. The topological polar surface area (TPSA) is 25.2 Å². The molecule has 0 saturated heterocycles. The van der Waals surface area contributed by atoms with Crippen molar-refractivity contribution in [3.05, 3.63) is 108 Å². The van der Waals surface area contributed by atoms with Gasteiger partial charge < -0.3 is 0 Å². The van der Waals surface area contributed by atoms with Crippen LogP contribution in [0.4, 0.5) is 0 Å². The van der Waals surface area contributed by atoms with Gasteiger partial charge in [0.25, 0.3) is 0 Å². The number of hydrogen-bond donors (Lipinski definition) is 0. The van der Waals surface area contributed by atoms with Crippen LogP contribution in [-0.2, 0) is 6.54 Å². The van der Waals surface area contributed by atoms with Crippen molar-refractivity contribution in [3.8, 4) is 11.1 Å². The lowest BCUT2D eigenvalue weighted by molar-refractivity contribution is 1.08. The van der Waals surface area contributed by atoms with Crippen LogP contribution >= 0.6 is 0 Å². The van der Waals surface area contributed by atoms with Gasteiger partial charge in [0.1, 0.15) is 0 Å². The van der Waals surface area contributed by atoms with E-state index in [0.29, 0.717) is 6.54 Å². The highest BCUT2D eigenvalue weighted by Crippen LogP contribution is 2.35. The SMILES string of the molecule is C1=NCc2c(ccc3c(-c4ccccc4)ccnc23)C(c2ccccc2)=C1. The van der Waals surface area contributed by atoms with Gasteiger partial charge >= 0.3 is 0 Å². The first-order valence-electron chi connectivity index (χ1n) is 9.14. The monoisotopic (exact) mass is 346 g/mol. The summed E-state index contributed by atoms with van der Waals surface area (Å²) in [5.41, 5.74) is 8.25. The van der Waals surface area contributed by atoms with Gasteiger partial charge in [0, 0.05) is 23.4 Å². The molecule has 0 radical (unpaired) electrons. The highest BCUT2D eigenvalue weighted by Gasteiger charge is 2.16. The summed E-state index contributed by atoms with van der Waals surface area (Å²) in [6, 6.07) is 27.5. The van der Waals surface area contributed by atoms with Gasteiger partial charge in [-0.1, -0.05) is 72.8 Å². The Morgan fingerprint density at radius 2 is 1.41 bits per heavy atom. The Morgan fingerprint density at radius 3 is 2.19 bits per heavy atom. The van der Waals surface area contributed by atoms with E-state index < -0.39 is 0 Å². The van der Waals surface area contributed by atoms with Crippen molar-refractivity contribution >= 4 is 22.7 Å². The van der Waals surface area contributed by atoms with Gasteiger partial charge in [-0.05, 0) is 40.0 Å². The predicted octanol–water partition coefficient (Wildman–Crippen LogP) is 5.92. The van der Waals surface area contributed by atoms with Gasteiger partial charge in [-0.3, -0.25) is 9.98 Å². The van der Waals surface area contributed by atoms with Crippen molar-refractivity contribution < 1.29 is 0 Å². The van der Waals surface area contributed by atoms with Crippen LogP contribution in [0.2, 0.25) is 0 Å². The Morgan fingerprint density at radius 1 is 0.667 bits per heavy atom. The summed E-state index contributed by atoms with van der Waals surface area (Å²) in [7, 11) is 0. The summed E-state index contributed by atoms with van der Waals surface area (Å²) in [5.74, 6) is 0. The number of hydrogen-bond acceptors (Lipinski definition) is 2. The number of aliphatic imine (C=N–C) groups is 1. The highest BCUT2D eigenvalue weighted by molar-refractivity contribution is 6.01. The molecule has 4 aromatic rings. The molecule has 0 bridgehead atoms. The molecule has 5 rings (SSSR count). The van der Waals surface area contributed by atoms with Crippen LogP contribution in [0.15, 0.2) is 96.1 Å². The van der Waals surface area contributed by atoms with Crippen molar-refractivity contribution in [2.45, 2.75) is 6.54 Å². The molecule has 3 aromatic carbocycles. The molecule has 27 heavy (non-hydrogen) atoms. The van der Waals surface area contributed by atoms with Crippen LogP contribution in [0.5, 0.6) is 0 Å². The zero-order valence-corrected chi connectivity index (χ0v) is 14.8. The fourth-order valence-corrected chi connectivity index (χ4v) is 3.79. The first-order chi connectivity index (χ1) is 13.4.